The van der Waals surface area contributed by atoms with Crippen molar-refractivity contribution in [2.75, 3.05) is 14.2 Å². The maximum atomic E-state index is 13.7. The predicted octanol–water partition coefficient (Wildman–Crippen LogP) is -6.81. The molecule has 0 spiro atoms. The molecule has 2 N–H and O–H groups in total. The van der Waals surface area contributed by atoms with Crippen molar-refractivity contribution in [1.29, 1.82) is 0 Å². The van der Waals surface area contributed by atoms with E-state index < -0.39 is 22.8 Å². The summed E-state index contributed by atoms with van der Waals surface area (Å²) in [5.74, 6) is 1.51. The van der Waals surface area contributed by atoms with E-state index in [2.05, 4.69) is 109 Å². The minimum atomic E-state index is -0.675. The van der Waals surface area contributed by atoms with E-state index in [1.807, 2.05) is 13.8 Å². The van der Waals surface area contributed by atoms with Crippen molar-refractivity contribution in [3.05, 3.63) is 23.3 Å². The minimum absolute atomic E-state index is 0.0116. The molecule has 16 heteroatoms. The predicted molar refractivity (Wildman–Crippen MR) is 193 cm³/mol. The Bertz CT molecular complexity index is 1160. The number of carbonyl (C=O) groups is 1. The number of rotatable bonds is 7. The van der Waals surface area contributed by atoms with Crippen LogP contribution in [0.4, 0.5) is 0 Å². The van der Waals surface area contributed by atoms with Gasteiger partial charge in [0.05, 0.1) is 20.3 Å². The SMILES string of the molecule is BC1(B)c2cc(OC)c(OC)cc2C2(B)N(C1(B)B)C(B)(B)C(B)(CC(C)C)C(OC(=O)[C@@H](N)C(C)C)C2(B)B. The molecule has 2 heterocycles. The highest BCUT2D eigenvalue weighted by Gasteiger charge is 2.73. The summed E-state index contributed by atoms with van der Waals surface area (Å²) < 4.78 is 18.4. The van der Waals surface area contributed by atoms with Gasteiger partial charge >= 0.3 is 5.97 Å². The molecule has 208 valence electrons. The molecule has 0 aromatic heterocycles. The summed E-state index contributed by atoms with van der Waals surface area (Å²) in [6, 6.07) is 3.66. The summed E-state index contributed by atoms with van der Waals surface area (Å²) in [6.07, 6.45) is 0.508. The molecule has 0 saturated carbocycles. The van der Waals surface area contributed by atoms with Crippen molar-refractivity contribution in [2.45, 2.75) is 78.1 Å². The molecule has 0 aliphatic carbocycles. The number of ether oxygens (including phenoxy) is 3. The number of nitrogens with two attached hydrogens (primary N) is 1. The second-order valence-corrected chi connectivity index (χ2v) is 15.7. The molecule has 40 heavy (non-hydrogen) atoms. The lowest BCUT2D eigenvalue weighted by molar-refractivity contribution is -0.168. The first-order valence-electron chi connectivity index (χ1n) is 15.0. The Morgan fingerprint density at radius 1 is 0.875 bits per heavy atom. The highest BCUT2D eigenvalue weighted by Crippen LogP contribution is 2.69. The van der Waals surface area contributed by atoms with Crippen LogP contribution in [-0.4, -0.2) is 126 Å². The fourth-order valence-electron chi connectivity index (χ4n) is 8.56. The third-order valence-electron chi connectivity index (χ3n) is 11.8. The molecule has 4 atom stereocenters. The van der Waals surface area contributed by atoms with Crippen LogP contribution in [0.2, 0.25) is 10.5 Å². The van der Waals surface area contributed by atoms with E-state index in [-0.39, 0.29) is 33.1 Å². The Balaban J connectivity index is 2.50. The first-order valence-corrected chi connectivity index (χ1v) is 15.0. The van der Waals surface area contributed by atoms with Crippen molar-refractivity contribution in [2.24, 2.45) is 17.6 Å². The molecule has 3 rings (SSSR count). The van der Waals surface area contributed by atoms with Gasteiger partial charge < -0.3 is 24.8 Å². The van der Waals surface area contributed by atoms with Gasteiger partial charge in [-0.3, -0.25) is 4.79 Å². The van der Waals surface area contributed by atoms with Gasteiger partial charge in [0.15, 0.2) is 11.5 Å². The molecular formula is C24H48B10N2O4. The second-order valence-electron chi connectivity index (χ2n) is 15.7. The van der Waals surface area contributed by atoms with Crippen LogP contribution in [-0.2, 0) is 20.2 Å². The zero-order valence-corrected chi connectivity index (χ0v) is 28.3. The number of methoxy groups -OCH3 is 2. The number of hydrogen-bond donors (Lipinski definition) is 1. The van der Waals surface area contributed by atoms with E-state index in [4.69, 9.17) is 19.9 Å². The standard InChI is InChI=1S/C24H48B10N2O4/c1-10(2)9-19(25)18(40-17(37)16(35)11(3)4)21(28,29)22(30)13-8-15(39-6)14(38-5)7-12(13)20(26,27)24(33,34)36(22)23(19,31)32/h7-8,10-11,16,18H,9,25-35H2,1-6H3/t16-,18?,19?,22?/m0/s1. The van der Waals surface area contributed by atoms with Gasteiger partial charge in [0, 0.05) is 5.44 Å². The van der Waals surface area contributed by atoms with Gasteiger partial charge in [-0.25, -0.2) is 0 Å². The lowest BCUT2D eigenvalue weighted by Gasteiger charge is -2.80. The smallest absolute Gasteiger partial charge is 0.323 e. The van der Waals surface area contributed by atoms with Crippen molar-refractivity contribution in [1.82, 2.24) is 4.90 Å². The summed E-state index contributed by atoms with van der Waals surface area (Å²) in [5.41, 5.74) is 8.28. The lowest BCUT2D eigenvalue weighted by Crippen LogP contribution is -2.88. The van der Waals surface area contributed by atoms with Gasteiger partial charge in [-0.05, 0) is 62.7 Å². The van der Waals surface area contributed by atoms with Gasteiger partial charge in [-0.2, -0.15) is 0 Å². The van der Waals surface area contributed by atoms with Crippen molar-refractivity contribution < 1.29 is 19.0 Å². The Kier molecular flexibility index (Phi) is 8.54. The molecular weight excluding hydrogens is 488 g/mol. The normalized spacial score (nSPS) is 30.6. The topological polar surface area (TPSA) is 74.0 Å². The quantitative estimate of drug-likeness (QED) is 0.276. The van der Waals surface area contributed by atoms with Crippen LogP contribution in [0.5, 0.6) is 11.5 Å². The number of fused-ring (bicyclic) bond motifs is 3. The van der Waals surface area contributed by atoms with Crippen molar-refractivity contribution in [3.8, 4) is 11.5 Å². The van der Waals surface area contributed by atoms with Crippen molar-refractivity contribution >= 4 is 84.4 Å². The maximum Gasteiger partial charge on any atom is 0.323 e. The van der Waals surface area contributed by atoms with Gasteiger partial charge in [0.25, 0.3) is 0 Å². The van der Waals surface area contributed by atoms with Crippen LogP contribution < -0.4 is 15.2 Å². The first-order chi connectivity index (χ1) is 18.0. The monoisotopic (exact) mass is 538 g/mol. The third kappa shape index (κ3) is 4.31. The summed E-state index contributed by atoms with van der Waals surface area (Å²) in [5, 5.41) is -1.79. The van der Waals surface area contributed by atoms with Gasteiger partial charge in [-0.15, -0.1) is 0 Å². The summed E-state index contributed by atoms with van der Waals surface area (Å²) in [7, 11) is 26.8. The number of nitrogens with zero attached hydrogens (tertiary/aromatic N) is 1. The minimum Gasteiger partial charge on any atom is -0.493 e. The van der Waals surface area contributed by atoms with E-state index in [0.29, 0.717) is 11.7 Å². The number of carbonyl (C=O) groups excluding carboxylic acids is 1. The van der Waals surface area contributed by atoms with Crippen LogP contribution in [0.3, 0.4) is 0 Å². The van der Waals surface area contributed by atoms with E-state index in [0.717, 1.165) is 12.2 Å². The van der Waals surface area contributed by atoms with Crippen LogP contribution in [0.1, 0.15) is 45.2 Å². The molecule has 1 aromatic rings. The molecule has 3 unspecified atom stereocenters. The fraction of sp³-hybridized carbons (Fsp3) is 0.708. The highest BCUT2D eigenvalue weighted by molar-refractivity contribution is 6.58. The van der Waals surface area contributed by atoms with E-state index in [1.54, 1.807) is 14.2 Å². The molecule has 1 saturated heterocycles. The lowest BCUT2D eigenvalue weighted by atomic mass is 9.17. The maximum absolute atomic E-state index is 13.7. The van der Waals surface area contributed by atoms with Gasteiger partial charge in [0.1, 0.15) is 84.5 Å². The Morgan fingerprint density at radius 3 is 1.77 bits per heavy atom. The second kappa shape index (κ2) is 10.2. The van der Waals surface area contributed by atoms with Crippen LogP contribution in [0.15, 0.2) is 12.1 Å². The highest BCUT2D eigenvalue weighted by atomic mass is 16.5. The zero-order chi connectivity index (χ0) is 31.0. The Labute approximate surface area is 252 Å². The molecule has 0 radical (unpaired) electrons. The third-order valence-corrected chi connectivity index (χ3v) is 11.8. The van der Waals surface area contributed by atoms with E-state index in [9.17, 15) is 4.79 Å². The van der Waals surface area contributed by atoms with E-state index >= 15 is 0 Å². The van der Waals surface area contributed by atoms with Crippen LogP contribution >= 0.6 is 0 Å². The fourth-order valence-corrected chi connectivity index (χ4v) is 8.56. The molecule has 0 bridgehead atoms. The summed E-state index contributed by atoms with van der Waals surface area (Å²) in [6.45, 7) is 8.47. The van der Waals surface area contributed by atoms with Crippen LogP contribution in [0, 0.1) is 11.8 Å². The Hall–Kier alpha value is -1.14. The average molecular weight is 537 g/mol. The van der Waals surface area contributed by atoms with Crippen LogP contribution in [0.25, 0.3) is 0 Å². The molecule has 1 aromatic carbocycles. The molecule has 6 nitrogen and oxygen atoms in total. The number of benzene rings is 1. The molecule has 1 fully saturated rings. The molecule has 2 aliphatic rings. The molecule has 0 amide bonds. The average Bonchev–Trinajstić information content (AvgIpc) is 2.82. The van der Waals surface area contributed by atoms with Gasteiger partial charge in [-0.1, -0.05) is 32.9 Å². The summed E-state index contributed by atoms with van der Waals surface area (Å²) >= 11 is 0. The Morgan fingerprint density at radius 2 is 1.35 bits per heavy atom. The number of piperidine rings is 1. The van der Waals surface area contributed by atoms with E-state index in [1.165, 1.54) is 11.1 Å². The summed E-state index contributed by atoms with van der Waals surface area (Å²) in [4.78, 5) is 16.4. The number of esters is 1. The zero-order valence-electron chi connectivity index (χ0n) is 28.3. The molecule has 2 aliphatic heterocycles. The van der Waals surface area contributed by atoms with Gasteiger partial charge in [0.2, 0.25) is 0 Å². The number of hydrogen-bond acceptors (Lipinski definition) is 6. The van der Waals surface area contributed by atoms with Crippen molar-refractivity contribution in [3.63, 3.8) is 0 Å². The largest absolute Gasteiger partial charge is 0.493 e. The first kappa shape index (κ1) is 33.4.